The van der Waals surface area contributed by atoms with E-state index < -0.39 is 10.8 Å². The predicted molar refractivity (Wildman–Crippen MR) is 242 cm³/mol. The van der Waals surface area contributed by atoms with Crippen molar-refractivity contribution in [2.24, 2.45) is 0 Å². The summed E-state index contributed by atoms with van der Waals surface area (Å²) in [6.07, 6.45) is 0. The number of benzene rings is 10. The van der Waals surface area contributed by atoms with Crippen LogP contribution in [0.5, 0.6) is 11.5 Å². The van der Waals surface area contributed by atoms with Crippen molar-refractivity contribution in [3.8, 4) is 44.9 Å². The fourth-order valence-electron chi connectivity index (χ4n) is 11.2. The van der Waals surface area contributed by atoms with Crippen LogP contribution in [-0.2, 0) is 10.8 Å². The van der Waals surface area contributed by atoms with E-state index in [1.54, 1.807) is 0 Å². The Kier molecular flexibility index (Phi) is 6.64. The van der Waals surface area contributed by atoms with Crippen molar-refractivity contribution in [1.29, 1.82) is 0 Å². The lowest BCUT2D eigenvalue weighted by atomic mass is 9.64. The van der Waals surface area contributed by atoms with Gasteiger partial charge in [-0.3, -0.25) is 0 Å². The van der Waals surface area contributed by atoms with Crippen LogP contribution in [0.25, 0.3) is 54.9 Å². The summed E-state index contributed by atoms with van der Waals surface area (Å²) in [5.74, 6) is 1.80. The molecule has 1 spiro atoms. The molecule has 1 atom stereocenters. The lowest BCUT2D eigenvalue weighted by Gasteiger charge is -2.40. The summed E-state index contributed by atoms with van der Waals surface area (Å²) in [5, 5.41) is 4.93. The van der Waals surface area contributed by atoms with Crippen LogP contribution < -0.4 is 4.74 Å². The Morgan fingerprint density at radius 3 is 1.59 bits per heavy atom. The van der Waals surface area contributed by atoms with E-state index in [-0.39, 0.29) is 0 Å². The monoisotopic (exact) mass is 748 g/mol. The zero-order valence-electron chi connectivity index (χ0n) is 32.2. The second-order valence-corrected chi connectivity index (χ2v) is 16.3. The van der Waals surface area contributed by atoms with E-state index in [0.29, 0.717) is 0 Å². The summed E-state index contributed by atoms with van der Waals surface area (Å²) in [7, 11) is 0. The van der Waals surface area contributed by atoms with Crippen molar-refractivity contribution in [3.63, 3.8) is 0 Å². The van der Waals surface area contributed by atoms with Gasteiger partial charge in [-0.15, -0.1) is 0 Å². The van der Waals surface area contributed by atoms with Crippen LogP contribution in [0, 0.1) is 0 Å². The molecule has 10 aromatic rings. The van der Waals surface area contributed by atoms with Gasteiger partial charge < -0.3 is 4.74 Å². The molecule has 13 rings (SSSR count). The van der Waals surface area contributed by atoms with Gasteiger partial charge in [0.05, 0.1) is 10.8 Å². The van der Waals surface area contributed by atoms with Gasteiger partial charge in [0.1, 0.15) is 11.5 Å². The summed E-state index contributed by atoms with van der Waals surface area (Å²) in [6, 6.07) is 81.1. The Balaban J connectivity index is 1.08. The quantitative estimate of drug-likeness (QED) is 0.175. The first-order valence-electron chi connectivity index (χ1n) is 20.6. The average molecular weight is 749 g/mol. The van der Waals surface area contributed by atoms with E-state index in [9.17, 15) is 0 Å². The third-order valence-corrected chi connectivity index (χ3v) is 13.6. The van der Waals surface area contributed by atoms with E-state index in [2.05, 4.69) is 218 Å². The molecule has 10 aromatic carbocycles. The van der Waals surface area contributed by atoms with E-state index in [1.807, 2.05) is 0 Å². The Morgan fingerprint density at radius 2 is 0.847 bits per heavy atom. The zero-order valence-corrected chi connectivity index (χ0v) is 32.2. The first-order valence-corrected chi connectivity index (χ1v) is 20.6. The van der Waals surface area contributed by atoms with Gasteiger partial charge in [0, 0.05) is 11.1 Å². The second-order valence-electron chi connectivity index (χ2n) is 16.3. The van der Waals surface area contributed by atoms with Crippen molar-refractivity contribution in [2.75, 3.05) is 0 Å². The predicted octanol–water partition coefficient (Wildman–Crippen LogP) is 14.5. The lowest BCUT2D eigenvalue weighted by molar-refractivity contribution is 0.438. The zero-order chi connectivity index (χ0) is 38.7. The highest BCUT2D eigenvalue weighted by molar-refractivity contribution is 5.99. The summed E-state index contributed by atoms with van der Waals surface area (Å²) in [5.41, 5.74) is 16.5. The fraction of sp³-hybridized carbons (Fsp3) is 0.0345. The molecule has 1 heterocycles. The Hall–Kier alpha value is -7.48. The van der Waals surface area contributed by atoms with E-state index >= 15 is 0 Å². The van der Waals surface area contributed by atoms with Gasteiger partial charge in [0.2, 0.25) is 0 Å². The topological polar surface area (TPSA) is 9.23 Å². The molecule has 2 aliphatic carbocycles. The van der Waals surface area contributed by atoms with Crippen LogP contribution in [0.4, 0.5) is 0 Å². The number of rotatable bonds is 3. The highest BCUT2D eigenvalue weighted by Gasteiger charge is 2.52. The summed E-state index contributed by atoms with van der Waals surface area (Å²) >= 11 is 0. The Bertz CT molecular complexity index is 3330. The van der Waals surface area contributed by atoms with Crippen LogP contribution >= 0.6 is 0 Å². The van der Waals surface area contributed by atoms with Crippen molar-refractivity contribution in [2.45, 2.75) is 10.8 Å². The molecule has 0 aromatic heterocycles. The maximum absolute atomic E-state index is 6.99. The molecule has 1 heteroatoms. The number of hydrogen-bond donors (Lipinski definition) is 0. The smallest absolute Gasteiger partial charge is 0.132 e. The van der Waals surface area contributed by atoms with Gasteiger partial charge in [-0.1, -0.05) is 182 Å². The molecular weight excluding hydrogens is 713 g/mol. The average Bonchev–Trinajstić information content (AvgIpc) is 3.76. The normalized spacial score (nSPS) is 16.1. The van der Waals surface area contributed by atoms with Crippen molar-refractivity contribution in [3.05, 3.63) is 263 Å². The first kappa shape index (κ1) is 32.6. The molecule has 1 nitrogen and oxygen atoms in total. The minimum Gasteiger partial charge on any atom is -0.457 e. The standard InChI is InChI=1S/C58H36O/c1-2-19-42(20-3-1)57(49-26-11-10-25-47(49)48-34-39-16-4-5-17-40(39)35-52(48)57)43-21-14-18-38(33-43)41-30-31-54-53(36-41)58(56-44-22-7-6-15-37(44)29-32-55(56)59-54)50-27-12-8-23-45(50)46-24-9-13-28-51(46)58/h1-36H. The first-order chi connectivity index (χ1) is 29.2. The lowest BCUT2D eigenvalue weighted by Crippen LogP contribution is -2.32. The number of fused-ring (bicyclic) bond motifs is 15. The molecule has 274 valence electrons. The van der Waals surface area contributed by atoms with Crippen LogP contribution in [0.1, 0.15) is 44.5 Å². The van der Waals surface area contributed by atoms with Crippen molar-refractivity contribution < 1.29 is 4.74 Å². The van der Waals surface area contributed by atoms with Crippen LogP contribution in [0.3, 0.4) is 0 Å². The Morgan fingerprint density at radius 1 is 0.288 bits per heavy atom. The van der Waals surface area contributed by atoms with Crippen molar-refractivity contribution in [1.82, 2.24) is 0 Å². The molecule has 0 saturated carbocycles. The van der Waals surface area contributed by atoms with E-state index in [1.165, 1.54) is 93.9 Å². The van der Waals surface area contributed by atoms with Gasteiger partial charge in [-0.2, -0.15) is 0 Å². The van der Waals surface area contributed by atoms with Crippen LogP contribution in [0.2, 0.25) is 0 Å². The van der Waals surface area contributed by atoms with Crippen LogP contribution in [0.15, 0.2) is 218 Å². The molecule has 1 aliphatic heterocycles. The van der Waals surface area contributed by atoms with Gasteiger partial charge in [-0.05, 0) is 125 Å². The molecule has 0 radical (unpaired) electrons. The van der Waals surface area contributed by atoms with Gasteiger partial charge in [0.15, 0.2) is 0 Å². The SMILES string of the molecule is c1ccc(C2(c3cccc(-c4ccc5c(c4)C4(c6ccccc6-c6ccccc64)c4c(ccc6ccccc46)O5)c3)c3ccccc3-c3cc4ccccc4cc32)cc1. The van der Waals surface area contributed by atoms with E-state index in [4.69, 9.17) is 4.74 Å². The van der Waals surface area contributed by atoms with Gasteiger partial charge in [-0.25, -0.2) is 0 Å². The highest BCUT2D eigenvalue weighted by Crippen LogP contribution is 2.64. The third-order valence-electron chi connectivity index (χ3n) is 13.6. The minimum absolute atomic E-state index is 0.521. The summed E-state index contributed by atoms with van der Waals surface area (Å²) in [4.78, 5) is 0. The van der Waals surface area contributed by atoms with Crippen LogP contribution in [-0.4, -0.2) is 0 Å². The molecule has 0 fully saturated rings. The van der Waals surface area contributed by atoms with E-state index in [0.717, 1.165) is 17.1 Å². The third kappa shape index (κ3) is 4.24. The molecule has 3 aliphatic rings. The van der Waals surface area contributed by atoms with Gasteiger partial charge >= 0.3 is 0 Å². The molecule has 1 unspecified atom stereocenters. The molecule has 0 saturated heterocycles. The van der Waals surface area contributed by atoms with Crippen molar-refractivity contribution >= 4 is 21.5 Å². The second kappa shape index (κ2) is 12.0. The molecule has 0 bridgehead atoms. The molecular formula is C58H36O. The molecule has 59 heavy (non-hydrogen) atoms. The van der Waals surface area contributed by atoms with Gasteiger partial charge in [0.25, 0.3) is 0 Å². The largest absolute Gasteiger partial charge is 0.457 e. The maximum atomic E-state index is 6.99. The Labute approximate surface area is 343 Å². The fourth-order valence-corrected chi connectivity index (χ4v) is 11.2. The highest BCUT2D eigenvalue weighted by atomic mass is 16.5. The number of ether oxygens (including phenoxy) is 1. The summed E-state index contributed by atoms with van der Waals surface area (Å²) < 4.78 is 6.99. The maximum Gasteiger partial charge on any atom is 0.132 e. The number of hydrogen-bond acceptors (Lipinski definition) is 1. The minimum atomic E-state index is -0.583. The molecule has 0 amide bonds. The summed E-state index contributed by atoms with van der Waals surface area (Å²) in [6.45, 7) is 0. The molecule has 0 N–H and O–H groups in total.